The summed E-state index contributed by atoms with van der Waals surface area (Å²) in [7, 11) is 0. The van der Waals surface area contributed by atoms with Gasteiger partial charge in [-0.25, -0.2) is 0 Å². The fraction of sp³-hybridized carbons (Fsp3) is 0.882. The lowest BCUT2D eigenvalue weighted by molar-refractivity contribution is -0.127. The maximum absolute atomic E-state index is 11.4. The fourth-order valence-electron chi connectivity index (χ4n) is 1.82. The molecule has 26 heavy (non-hydrogen) atoms. The minimum Gasteiger partial charge on any atom is -0.378 e. The Hall–Kier alpha value is -1.26. The molecule has 0 atom stereocenters. The summed E-state index contributed by atoms with van der Waals surface area (Å²) in [5.41, 5.74) is 5.27. The van der Waals surface area contributed by atoms with Crippen molar-refractivity contribution in [3.8, 4) is 0 Å². The molecule has 0 aliphatic heterocycles. The van der Waals surface area contributed by atoms with Gasteiger partial charge in [0.2, 0.25) is 11.8 Å². The number of nitrogens with one attached hydrogen (secondary N) is 2. The summed E-state index contributed by atoms with van der Waals surface area (Å²) in [6, 6.07) is 0. The van der Waals surface area contributed by atoms with E-state index in [0.717, 1.165) is 19.3 Å². The van der Waals surface area contributed by atoms with Crippen LogP contribution >= 0.6 is 0 Å². The Morgan fingerprint density at radius 2 is 1.27 bits per heavy atom. The molecule has 0 saturated carbocycles. The molecule has 2 amide bonds. The number of hydrogen-bond donors (Lipinski definition) is 3. The van der Waals surface area contributed by atoms with E-state index < -0.39 is 0 Å². The molecule has 0 aromatic rings. The second-order valence-electron chi connectivity index (χ2n) is 5.53. The van der Waals surface area contributed by atoms with Gasteiger partial charge in [0.1, 0.15) is 13.2 Å². The summed E-state index contributed by atoms with van der Waals surface area (Å²) in [6.45, 7) is 6.04. The Bertz CT molecular complexity index is 344. The molecule has 0 aliphatic carbocycles. The van der Waals surface area contributed by atoms with Gasteiger partial charge in [0.05, 0.1) is 39.6 Å². The quantitative estimate of drug-likeness (QED) is 0.258. The van der Waals surface area contributed by atoms with E-state index in [0.29, 0.717) is 59.3 Å². The highest BCUT2D eigenvalue weighted by Gasteiger charge is 2.02. The van der Waals surface area contributed by atoms with Gasteiger partial charge in [-0.05, 0) is 6.42 Å². The Labute approximate surface area is 156 Å². The van der Waals surface area contributed by atoms with E-state index in [-0.39, 0.29) is 25.0 Å². The van der Waals surface area contributed by atoms with Crippen LogP contribution in [0.4, 0.5) is 0 Å². The third-order valence-electron chi connectivity index (χ3n) is 3.14. The van der Waals surface area contributed by atoms with Crippen LogP contribution in [0.3, 0.4) is 0 Å². The Kier molecular flexibility index (Phi) is 19.1. The second-order valence-corrected chi connectivity index (χ2v) is 5.53. The van der Waals surface area contributed by atoms with Gasteiger partial charge >= 0.3 is 0 Å². The average molecular weight is 377 g/mol. The lowest BCUT2D eigenvalue weighted by atomic mass is 10.2. The molecular weight excluding hydrogens is 342 g/mol. The van der Waals surface area contributed by atoms with Crippen LogP contribution in [0.15, 0.2) is 0 Å². The van der Waals surface area contributed by atoms with Crippen molar-refractivity contribution in [1.29, 1.82) is 0 Å². The van der Waals surface area contributed by atoms with E-state index in [2.05, 4.69) is 17.6 Å². The van der Waals surface area contributed by atoms with Crippen LogP contribution in [-0.2, 0) is 28.5 Å². The number of carbonyl (C=O) groups excluding carboxylic acids is 2. The minimum atomic E-state index is -0.205. The number of amides is 2. The third kappa shape index (κ3) is 19.1. The number of rotatable bonds is 19. The van der Waals surface area contributed by atoms with Crippen molar-refractivity contribution in [2.75, 3.05) is 72.5 Å². The molecule has 9 nitrogen and oxygen atoms in total. The Balaban J connectivity index is 3.25. The predicted molar refractivity (Wildman–Crippen MR) is 97.9 cm³/mol. The lowest BCUT2D eigenvalue weighted by Crippen LogP contribution is -2.31. The van der Waals surface area contributed by atoms with Gasteiger partial charge in [-0.15, -0.1) is 0 Å². The minimum absolute atomic E-state index is 0.0114. The molecule has 0 aromatic carbocycles. The summed E-state index contributed by atoms with van der Waals surface area (Å²) >= 11 is 0. The first kappa shape index (κ1) is 24.7. The number of carbonyl (C=O) groups is 2. The van der Waals surface area contributed by atoms with Crippen LogP contribution < -0.4 is 16.4 Å². The summed E-state index contributed by atoms with van der Waals surface area (Å²) in [5, 5.41) is 5.47. The van der Waals surface area contributed by atoms with E-state index >= 15 is 0 Å². The average Bonchev–Trinajstić information content (AvgIpc) is 2.64. The molecule has 0 radical (unpaired) electrons. The molecule has 4 N–H and O–H groups in total. The molecule has 9 heteroatoms. The number of nitrogens with two attached hydrogens (primary N) is 1. The zero-order chi connectivity index (χ0) is 19.3. The highest BCUT2D eigenvalue weighted by Crippen LogP contribution is 1.91. The summed E-state index contributed by atoms with van der Waals surface area (Å²) in [5.74, 6) is -0.315. The smallest absolute Gasteiger partial charge is 0.246 e. The molecule has 0 aliphatic rings. The second kappa shape index (κ2) is 20.1. The van der Waals surface area contributed by atoms with Gasteiger partial charge in [0.25, 0.3) is 0 Å². The summed E-state index contributed by atoms with van der Waals surface area (Å²) in [6.07, 6.45) is 3.23. The van der Waals surface area contributed by atoms with Crippen molar-refractivity contribution in [3.05, 3.63) is 0 Å². The maximum atomic E-state index is 11.4. The van der Waals surface area contributed by atoms with Crippen LogP contribution in [0.2, 0.25) is 0 Å². The zero-order valence-corrected chi connectivity index (χ0v) is 15.9. The van der Waals surface area contributed by atoms with Gasteiger partial charge in [0.15, 0.2) is 0 Å². The van der Waals surface area contributed by atoms with Gasteiger partial charge in [-0.2, -0.15) is 0 Å². The largest absolute Gasteiger partial charge is 0.378 e. The van der Waals surface area contributed by atoms with E-state index in [1.807, 2.05) is 0 Å². The molecule has 0 heterocycles. The van der Waals surface area contributed by atoms with Gasteiger partial charge in [-0.3, -0.25) is 9.59 Å². The SMILES string of the molecule is CCCCCNC(=O)COCCOCCNC(=O)COCCOCCN. The van der Waals surface area contributed by atoms with Gasteiger partial charge in [0, 0.05) is 19.6 Å². The van der Waals surface area contributed by atoms with Crippen LogP contribution in [0.25, 0.3) is 0 Å². The van der Waals surface area contributed by atoms with Crippen LogP contribution in [0.5, 0.6) is 0 Å². The van der Waals surface area contributed by atoms with Crippen molar-refractivity contribution in [2.24, 2.45) is 5.73 Å². The molecule has 0 saturated heterocycles. The van der Waals surface area contributed by atoms with Crippen LogP contribution in [0.1, 0.15) is 26.2 Å². The normalized spacial score (nSPS) is 10.7. The topological polar surface area (TPSA) is 121 Å². The molecule has 0 spiro atoms. The number of unbranched alkanes of at least 4 members (excludes halogenated alkanes) is 2. The van der Waals surface area contributed by atoms with E-state index in [4.69, 9.17) is 24.7 Å². The third-order valence-corrected chi connectivity index (χ3v) is 3.14. The molecule has 0 bridgehead atoms. The number of ether oxygens (including phenoxy) is 4. The van der Waals surface area contributed by atoms with Crippen molar-refractivity contribution < 1.29 is 28.5 Å². The van der Waals surface area contributed by atoms with Gasteiger partial charge < -0.3 is 35.3 Å². The first-order valence-corrected chi connectivity index (χ1v) is 9.25. The highest BCUT2D eigenvalue weighted by atomic mass is 16.5. The van der Waals surface area contributed by atoms with E-state index in [1.54, 1.807) is 0 Å². The van der Waals surface area contributed by atoms with Gasteiger partial charge in [-0.1, -0.05) is 19.8 Å². The molecule has 0 fully saturated rings. The van der Waals surface area contributed by atoms with Crippen molar-refractivity contribution >= 4 is 11.8 Å². The van der Waals surface area contributed by atoms with Crippen molar-refractivity contribution in [1.82, 2.24) is 10.6 Å². The predicted octanol–water partition coefficient (Wildman–Crippen LogP) is -0.566. The summed E-state index contributed by atoms with van der Waals surface area (Å²) in [4.78, 5) is 22.9. The molecule has 0 aromatic heterocycles. The molecule has 0 unspecified atom stereocenters. The van der Waals surface area contributed by atoms with Crippen LogP contribution in [0, 0.1) is 0 Å². The summed E-state index contributed by atoms with van der Waals surface area (Å²) < 4.78 is 20.8. The first-order chi connectivity index (χ1) is 12.7. The highest BCUT2D eigenvalue weighted by molar-refractivity contribution is 5.77. The number of hydrogen-bond acceptors (Lipinski definition) is 7. The molecule has 154 valence electrons. The van der Waals surface area contributed by atoms with E-state index in [1.165, 1.54) is 0 Å². The van der Waals surface area contributed by atoms with E-state index in [9.17, 15) is 9.59 Å². The Morgan fingerprint density at radius 3 is 1.85 bits per heavy atom. The Morgan fingerprint density at radius 1 is 0.731 bits per heavy atom. The first-order valence-electron chi connectivity index (χ1n) is 9.25. The fourth-order valence-corrected chi connectivity index (χ4v) is 1.82. The van der Waals surface area contributed by atoms with Crippen molar-refractivity contribution in [2.45, 2.75) is 26.2 Å². The lowest BCUT2D eigenvalue weighted by Gasteiger charge is -2.08. The standard InChI is InChI=1S/C17H35N3O6/c1-2-3-4-6-19-16(21)14-26-13-11-24-9-7-20-17(22)15-25-12-10-23-8-5-18/h2-15,18H2,1H3,(H,19,21)(H,20,22). The van der Waals surface area contributed by atoms with Crippen molar-refractivity contribution in [3.63, 3.8) is 0 Å². The zero-order valence-electron chi connectivity index (χ0n) is 15.9. The molecular formula is C17H35N3O6. The monoisotopic (exact) mass is 377 g/mol. The van der Waals surface area contributed by atoms with Crippen LogP contribution in [-0.4, -0.2) is 84.3 Å². The maximum Gasteiger partial charge on any atom is 0.246 e. The molecule has 0 rings (SSSR count).